The number of hydrogen-bond acceptors (Lipinski definition) is 3. The molecule has 0 aliphatic rings. The van der Waals surface area contributed by atoms with E-state index in [0.717, 1.165) is 17.0 Å². The Hall–Kier alpha value is -1.97. The molecular weight excluding hydrogens is 214 g/mol. The van der Waals surface area contributed by atoms with Gasteiger partial charge >= 0.3 is 0 Å². The predicted molar refractivity (Wildman–Crippen MR) is 69.0 cm³/mol. The lowest BCUT2D eigenvalue weighted by Gasteiger charge is -2.13. The van der Waals surface area contributed by atoms with E-state index in [-0.39, 0.29) is 6.04 Å². The van der Waals surface area contributed by atoms with Crippen LogP contribution < -0.4 is 10.5 Å². The first kappa shape index (κ1) is 11.5. The summed E-state index contributed by atoms with van der Waals surface area (Å²) in [6.07, 6.45) is 0. The molecule has 2 rings (SSSR count). The standard InChI is InChI=1S/C13H17N3O/c1-9(2)16-11(8-13(14)15-16)10-6-4-5-7-12(10)17-3/h4-9H,1-3H3,(H2,14,15). The highest BCUT2D eigenvalue weighted by atomic mass is 16.5. The molecule has 0 fully saturated rings. The second-order valence-corrected chi connectivity index (χ2v) is 4.19. The first-order valence-corrected chi connectivity index (χ1v) is 5.62. The summed E-state index contributed by atoms with van der Waals surface area (Å²) < 4.78 is 7.27. The van der Waals surface area contributed by atoms with Gasteiger partial charge in [-0.1, -0.05) is 12.1 Å². The number of nitrogens with two attached hydrogens (primary N) is 1. The molecule has 0 atom stereocenters. The molecule has 1 aromatic carbocycles. The molecule has 1 heterocycles. The van der Waals surface area contributed by atoms with Gasteiger partial charge in [-0.15, -0.1) is 0 Å². The Morgan fingerprint density at radius 3 is 2.65 bits per heavy atom. The maximum absolute atomic E-state index is 5.77. The maximum Gasteiger partial charge on any atom is 0.146 e. The quantitative estimate of drug-likeness (QED) is 0.883. The molecule has 0 radical (unpaired) electrons. The molecule has 0 saturated heterocycles. The van der Waals surface area contributed by atoms with Gasteiger partial charge in [0, 0.05) is 17.7 Å². The fourth-order valence-corrected chi connectivity index (χ4v) is 1.86. The normalized spacial score (nSPS) is 10.8. The minimum atomic E-state index is 0.257. The summed E-state index contributed by atoms with van der Waals surface area (Å²) >= 11 is 0. The highest BCUT2D eigenvalue weighted by Crippen LogP contribution is 2.32. The molecule has 0 unspecified atom stereocenters. The third-order valence-corrected chi connectivity index (χ3v) is 2.63. The van der Waals surface area contributed by atoms with E-state index < -0.39 is 0 Å². The van der Waals surface area contributed by atoms with Crippen molar-refractivity contribution in [1.29, 1.82) is 0 Å². The Labute approximate surface area is 101 Å². The third-order valence-electron chi connectivity index (χ3n) is 2.63. The fraction of sp³-hybridized carbons (Fsp3) is 0.308. The molecule has 4 nitrogen and oxygen atoms in total. The maximum atomic E-state index is 5.77. The Kier molecular flexibility index (Phi) is 3.04. The van der Waals surface area contributed by atoms with Crippen LogP contribution >= 0.6 is 0 Å². The van der Waals surface area contributed by atoms with E-state index in [1.165, 1.54) is 0 Å². The summed E-state index contributed by atoms with van der Waals surface area (Å²) in [5.74, 6) is 1.36. The van der Waals surface area contributed by atoms with Gasteiger partial charge in [0.25, 0.3) is 0 Å². The lowest BCUT2D eigenvalue weighted by molar-refractivity contribution is 0.415. The van der Waals surface area contributed by atoms with Crippen LogP contribution in [-0.4, -0.2) is 16.9 Å². The van der Waals surface area contributed by atoms with Gasteiger partial charge in [-0.25, -0.2) is 0 Å². The minimum absolute atomic E-state index is 0.257. The van der Waals surface area contributed by atoms with Crippen molar-refractivity contribution in [2.24, 2.45) is 0 Å². The number of nitrogens with zero attached hydrogens (tertiary/aromatic N) is 2. The molecule has 0 bridgehead atoms. The van der Waals surface area contributed by atoms with Gasteiger partial charge in [0.1, 0.15) is 11.6 Å². The van der Waals surface area contributed by atoms with E-state index in [1.54, 1.807) is 7.11 Å². The van der Waals surface area contributed by atoms with Crippen LogP contribution in [0.5, 0.6) is 5.75 Å². The number of methoxy groups -OCH3 is 1. The summed E-state index contributed by atoms with van der Waals surface area (Å²) in [6.45, 7) is 4.15. The highest BCUT2D eigenvalue weighted by Gasteiger charge is 2.14. The zero-order valence-electron chi connectivity index (χ0n) is 10.3. The van der Waals surface area contributed by atoms with Crippen molar-refractivity contribution in [3.8, 4) is 17.0 Å². The number of rotatable bonds is 3. The first-order chi connectivity index (χ1) is 8.13. The number of para-hydroxylation sites is 1. The zero-order chi connectivity index (χ0) is 12.4. The molecule has 90 valence electrons. The second kappa shape index (κ2) is 4.49. The zero-order valence-corrected chi connectivity index (χ0v) is 10.3. The van der Waals surface area contributed by atoms with E-state index in [2.05, 4.69) is 18.9 Å². The van der Waals surface area contributed by atoms with Gasteiger partial charge in [-0.3, -0.25) is 4.68 Å². The number of aromatic nitrogens is 2. The van der Waals surface area contributed by atoms with Crippen LogP contribution in [0.1, 0.15) is 19.9 Å². The summed E-state index contributed by atoms with van der Waals surface area (Å²) in [5, 5.41) is 4.30. The SMILES string of the molecule is COc1ccccc1-c1cc(N)nn1C(C)C. The second-order valence-electron chi connectivity index (χ2n) is 4.19. The summed E-state index contributed by atoms with van der Waals surface area (Å²) in [4.78, 5) is 0. The van der Waals surface area contributed by atoms with Crippen molar-refractivity contribution in [3.63, 3.8) is 0 Å². The van der Waals surface area contributed by atoms with Crippen LogP contribution in [0.25, 0.3) is 11.3 Å². The van der Waals surface area contributed by atoms with E-state index in [1.807, 2.05) is 35.0 Å². The first-order valence-electron chi connectivity index (χ1n) is 5.62. The smallest absolute Gasteiger partial charge is 0.146 e. The van der Waals surface area contributed by atoms with Crippen molar-refractivity contribution in [2.45, 2.75) is 19.9 Å². The molecule has 0 saturated carbocycles. The molecule has 0 spiro atoms. The lowest BCUT2D eigenvalue weighted by Crippen LogP contribution is -2.05. The molecule has 0 aliphatic carbocycles. The van der Waals surface area contributed by atoms with Crippen molar-refractivity contribution < 1.29 is 4.74 Å². The van der Waals surface area contributed by atoms with Crippen LogP contribution in [0.15, 0.2) is 30.3 Å². The predicted octanol–water partition coefficient (Wildman–Crippen LogP) is 2.72. The van der Waals surface area contributed by atoms with Crippen molar-refractivity contribution in [2.75, 3.05) is 12.8 Å². The molecular formula is C13H17N3O. The van der Waals surface area contributed by atoms with Gasteiger partial charge in [-0.2, -0.15) is 5.10 Å². The average Bonchev–Trinajstić information content (AvgIpc) is 2.71. The van der Waals surface area contributed by atoms with Crippen LogP contribution in [-0.2, 0) is 0 Å². The van der Waals surface area contributed by atoms with Crippen molar-refractivity contribution >= 4 is 5.82 Å². The lowest BCUT2D eigenvalue weighted by atomic mass is 10.1. The van der Waals surface area contributed by atoms with Gasteiger partial charge in [0.2, 0.25) is 0 Å². The number of nitrogen functional groups attached to an aromatic ring is 1. The molecule has 4 heteroatoms. The molecule has 1 aromatic heterocycles. The monoisotopic (exact) mass is 231 g/mol. The molecule has 0 aliphatic heterocycles. The number of anilines is 1. The summed E-state index contributed by atoms with van der Waals surface area (Å²) in [5.41, 5.74) is 7.76. The summed E-state index contributed by atoms with van der Waals surface area (Å²) in [6, 6.07) is 10.00. The molecule has 17 heavy (non-hydrogen) atoms. The fourth-order valence-electron chi connectivity index (χ4n) is 1.86. The Bertz CT molecular complexity index is 517. The van der Waals surface area contributed by atoms with E-state index in [4.69, 9.17) is 10.5 Å². The largest absolute Gasteiger partial charge is 0.496 e. The van der Waals surface area contributed by atoms with Crippen LogP contribution in [0.2, 0.25) is 0 Å². The minimum Gasteiger partial charge on any atom is -0.496 e. The van der Waals surface area contributed by atoms with Gasteiger partial charge in [-0.05, 0) is 26.0 Å². The third kappa shape index (κ3) is 2.11. The Morgan fingerprint density at radius 2 is 2.00 bits per heavy atom. The topological polar surface area (TPSA) is 53.1 Å². The number of ether oxygens (including phenoxy) is 1. The van der Waals surface area contributed by atoms with E-state index >= 15 is 0 Å². The van der Waals surface area contributed by atoms with Crippen LogP contribution in [0.4, 0.5) is 5.82 Å². The average molecular weight is 231 g/mol. The van der Waals surface area contributed by atoms with E-state index in [9.17, 15) is 0 Å². The Balaban J connectivity index is 2.59. The van der Waals surface area contributed by atoms with E-state index in [0.29, 0.717) is 5.82 Å². The number of benzene rings is 1. The van der Waals surface area contributed by atoms with Crippen molar-refractivity contribution in [1.82, 2.24) is 9.78 Å². The van der Waals surface area contributed by atoms with Crippen LogP contribution in [0.3, 0.4) is 0 Å². The van der Waals surface area contributed by atoms with Gasteiger partial charge < -0.3 is 10.5 Å². The van der Waals surface area contributed by atoms with Gasteiger partial charge in [0.05, 0.1) is 12.8 Å². The Morgan fingerprint density at radius 1 is 1.29 bits per heavy atom. The van der Waals surface area contributed by atoms with Crippen LogP contribution in [0, 0.1) is 0 Å². The van der Waals surface area contributed by atoms with Crippen molar-refractivity contribution in [3.05, 3.63) is 30.3 Å². The number of hydrogen-bond donors (Lipinski definition) is 1. The molecule has 0 amide bonds. The molecule has 2 aromatic rings. The molecule has 2 N–H and O–H groups in total. The van der Waals surface area contributed by atoms with Gasteiger partial charge in [0.15, 0.2) is 0 Å². The summed E-state index contributed by atoms with van der Waals surface area (Å²) in [7, 11) is 1.66. The highest BCUT2D eigenvalue weighted by molar-refractivity contribution is 5.69.